The molecule has 88 valence electrons. The Morgan fingerprint density at radius 3 is 2.56 bits per heavy atom. The van der Waals surface area contributed by atoms with Gasteiger partial charge in [0.05, 0.1) is 5.56 Å². The molecule has 2 nitrogen and oxygen atoms in total. The normalized spacial score (nSPS) is 10.4. The van der Waals surface area contributed by atoms with Crippen LogP contribution in [0.1, 0.15) is 55.5 Å². The van der Waals surface area contributed by atoms with Gasteiger partial charge in [0.2, 0.25) is 0 Å². The van der Waals surface area contributed by atoms with E-state index < -0.39 is 0 Å². The Balaban J connectivity index is 2.68. The summed E-state index contributed by atoms with van der Waals surface area (Å²) >= 11 is 0. The molecule has 16 heavy (non-hydrogen) atoms. The van der Waals surface area contributed by atoms with E-state index >= 15 is 0 Å². The number of carbonyl (C=O) groups excluding carboxylic acids is 1. The molecule has 0 spiro atoms. The first-order valence-electron chi connectivity index (χ1n) is 6.04. The summed E-state index contributed by atoms with van der Waals surface area (Å²) in [7, 11) is 0. The minimum absolute atomic E-state index is 0.0496. The zero-order chi connectivity index (χ0) is 12.0. The standard InChI is InChI=1S/C14H20O2/c1-3-5-6-7-13(15)12-9-8-11(4-2)10-14(12)16/h8-10,16H,3-7H2,1-2H3. The quantitative estimate of drug-likeness (QED) is 0.586. The summed E-state index contributed by atoms with van der Waals surface area (Å²) in [6, 6.07) is 5.34. The van der Waals surface area contributed by atoms with Crippen molar-refractivity contribution in [3.8, 4) is 5.75 Å². The molecule has 0 aliphatic carbocycles. The van der Waals surface area contributed by atoms with Gasteiger partial charge in [-0.2, -0.15) is 0 Å². The molecule has 2 heteroatoms. The summed E-state index contributed by atoms with van der Waals surface area (Å²) in [4.78, 5) is 11.8. The van der Waals surface area contributed by atoms with E-state index in [1.54, 1.807) is 12.1 Å². The lowest BCUT2D eigenvalue weighted by Crippen LogP contribution is -1.99. The van der Waals surface area contributed by atoms with Gasteiger partial charge in [0.25, 0.3) is 0 Å². The van der Waals surface area contributed by atoms with E-state index in [0.29, 0.717) is 12.0 Å². The topological polar surface area (TPSA) is 37.3 Å². The molecule has 0 amide bonds. The number of ketones is 1. The number of hydrogen-bond donors (Lipinski definition) is 1. The summed E-state index contributed by atoms with van der Waals surface area (Å²) in [6.07, 6.45) is 4.49. The lowest BCUT2D eigenvalue weighted by Gasteiger charge is -2.05. The highest BCUT2D eigenvalue weighted by molar-refractivity contribution is 5.98. The van der Waals surface area contributed by atoms with Gasteiger partial charge >= 0.3 is 0 Å². The van der Waals surface area contributed by atoms with Crippen molar-refractivity contribution >= 4 is 5.78 Å². The lowest BCUT2D eigenvalue weighted by molar-refractivity contribution is 0.0976. The third kappa shape index (κ3) is 3.37. The van der Waals surface area contributed by atoms with Gasteiger partial charge in [-0.15, -0.1) is 0 Å². The van der Waals surface area contributed by atoms with E-state index in [1.165, 1.54) is 0 Å². The number of benzene rings is 1. The summed E-state index contributed by atoms with van der Waals surface area (Å²) in [5.41, 5.74) is 1.52. The molecule has 0 saturated carbocycles. The second-order valence-corrected chi connectivity index (χ2v) is 4.09. The van der Waals surface area contributed by atoms with E-state index in [2.05, 4.69) is 6.92 Å². The number of Topliss-reactive ketones (excluding diaryl/α,β-unsaturated/α-hetero) is 1. The molecule has 1 aromatic rings. The van der Waals surface area contributed by atoms with Crippen LogP contribution in [0, 0.1) is 0 Å². The zero-order valence-corrected chi connectivity index (χ0v) is 10.1. The highest BCUT2D eigenvalue weighted by Crippen LogP contribution is 2.21. The maximum absolute atomic E-state index is 11.8. The fourth-order valence-electron chi connectivity index (χ4n) is 1.70. The number of unbranched alkanes of at least 4 members (excludes halogenated alkanes) is 2. The van der Waals surface area contributed by atoms with E-state index in [4.69, 9.17) is 0 Å². The van der Waals surface area contributed by atoms with Gasteiger partial charge in [0.15, 0.2) is 5.78 Å². The Morgan fingerprint density at radius 2 is 2.00 bits per heavy atom. The number of aryl methyl sites for hydroxylation is 1. The van der Waals surface area contributed by atoms with Crippen molar-refractivity contribution in [3.63, 3.8) is 0 Å². The van der Waals surface area contributed by atoms with E-state index in [9.17, 15) is 9.90 Å². The van der Waals surface area contributed by atoms with Gasteiger partial charge < -0.3 is 5.11 Å². The first-order valence-corrected chi connectivity index (χ1v) is 6.04. The molecule has 0 bridgehead atoms. The summed E-state index contributed by atoms with van der Waals surface area (Å²) in [6.45, 7) is 4.13. The maximum Gasteiger partial charge on any atom is 0.166 e. The molecule has 0 atom stereocenters. The Hall–Kier alpha value is -1.31. The monoisotopic (exact) mass is 220 g/mol. The van der Waals surface area contributed by atoms with Gasteiger partial charge in [0, 0.05) is 6.42 Å². The largest absolute Gasteiger partial charge is 0.507 e. The third-order valence-electron chi connectivity index (χ3n) is 2.78. The summed E-state index contributed by atoms with van der Waals surface area (Å²) in [5.74, 6) is 0.175. The Kier molecular flexibility index (Phi) is 5.03. The smallest absolute Gasteiger partial charge is 0.166 e. The molecule has 0 heterocycles. The highest BCUT2D eigenvalue weighted by Gasteiger charge is 2.10. The molecule has 0 aliphatic heterocycles. The Bertz CT molecular complexity index is 356. The predicted molar refractivity (Wildman–Crippen MR) is 66.0 cm³/mol. The second-order valence-electron chi connectivity index (χ2n) is 4.09. The van der Waals surface area contributed by atoms with Crippen LogP contribution in [0.3, 0.4) is 0 Å². The number of phenolic OH excluding ortho intramolecular Hbond substituents is 1. The number of phenols is 1. The van der Waals surface area contributed by atoms with Crippen LogP contribution in [0.4, 0.5) is 0 Å². The number of aromatic hydroxyl groups is 1. The van der Waals surface area contributed by atoms with Crippen LogP contribution in [-0.2, 0) is 6.42 Å². The van der Waals surface area contributed by atoms with Gasteiger partial charge in [-0.05, 0) is 30.5 Å². The van der Waals surface area contributed by atoms with Gasteiger partial charge in [-0.3, -0.25) is 4.79 Å². The van der Waals surface area contributed by atoms with Crippen molar-refractivity contribution in [2.45, 2.75) is 46.0 Å². The molecule has 1 aromatic carbocycles. The van der Waals surface area contributed by atoms with E-state index in [1.807, 2.05) is 13.0 Å². The molecule has 0 radical (unpaired) electrons. The van der Waals surface area contributed by atoms with Gasteiger partial charge in [-0.25, -0.2) is 0 Å². The maximum atomic E-state index is 11.8. The molecule has 0 aliphatic rings. The second kappa shape index (κ2) is 6.31. The lowest BCUT2D eigenvalue weighted by atomic mass is 10.0. The van der Waals surface area contributed by atoms with E-state index in [0.717, 1.165) is 31.2 Å². The van der Waals surface area contributed by atoms with Crippen LogP contribution in [0.15, 0.2) is 18.2 Å². The fourth-order valence-corrected chi connectivity index (χ4v) is 1.70. The predicted octanol–water partition coefficient (Wildman–Crippen LogP) is 3.72. The first kappa shape index (κ1) is 12.8. The molecule has 1 rings (SSSR count). The zero-order valence-electron chi connectivity index (χ0n) is 10.1. The minimum atomic E-state index is 0.0496. The van der Waals surface area contributed by atoms with Crippen LogP contribution < -0.4 is 0 Å². The summed E-state index contributed by atoms with van der Waals surface area (Å²) in [5, 5.41) is 9.73. The van der Waals surface area contributed by atoms with Gasteiger partial charge in [0.1, 0.15) is 5.75 Å². The van der Waals surface area contributed by atoms with Crippen molar-refractivity contribution < 1.29 is 9.90 Å². The number of carbonyl (C=O) groups is 1. The van der Waals surface area contributed by atoms with Crippen molar-refractivity contribution in [2.75, 3.05) is 0 Å². The van der Waals surface area contributed by atoms with Crippen LogP contribution in [0.5, 0.6) is 5.75 Å². The molecule has 1 N–H and O–H groups in total. The third-order valence-corrected chi connectivity index (χ3v) is 2.78. The van der Waals surface area contributed by atoms with E-state index in [-0.39, 0.29) is 11.5 Å². The SMILES string of the molecule is CCCCCC(=O)c1ccc(CC)cc1O. The first-order chi connectivity index (χ1) is 7.69. The highest BCUT2D eigenvalue weighted by atomic mass is 16.3. The molecular formula is C14H20O2. The van der Waals surface area contributed by atoms with Crippen molar-refractivity contribution in [2.24, 2.45) is 0 Å². The molecule has 0 unspecified atom stereocenters. The average molecular weight is 220 g/mol. The summed E-state index contributed by atoms with van der Waals surface area (Å²) < 4.78 is 0. The van der Waals surface area contributed by atoms with Crippen LogP contribution in [-0.4, -0.2) is 10.9 Å². The number of hydrogen-bond acceptors (Lipinski definition) is 2. The minimum Gasteiger partial charge on any atom is -0.507 e. The number of rotatable bonds is 6. The van der Waals surface area contributed by atoms with Crippen LogP contribution in [0.25, 0.3) is 0 Å². The average Bonchev–Trinajstić information content (AvgIpc) is 2.29. The fraction of sp³-hybridized carbons (Fsp3) is 0.500. The molecular weight excluding hydrogens is 200 g/mol. The van der Waals surface area contributed by atoms with Crippen molar-refractivity contribution in [3.05, 3.63) is 29.3 Å². The Morgan fingerprint density at radius 1 is 1.25 bits per heavy atom. The molecule has 0 aromatic heterocycles. The van der Waals surface area contributed by atoms with Crippen molar-refractivity contribution in [1.82, 2.24) is 0 Å². The van der Waals surface area contributed by atoms with Gasteiger partial charge in [-0.1, -0.05) is 32.8 Å². The molecule has 0 saturated heterocycles. The Labute approximate surface area is 97.3 Å². The van der Waals surface area contributed by atoms with Crippen LogP contribution >= 0.6 is 0 Å². The molecule has 0 fully saturated rings. The van der Waals surface area contributed by atoms with Crippen molar-refractivity contribution in [1.29, 1.82) is 0 Å². The van der Waals surface area contributed by atoms with Crippen LogP contribution in [0.2, 0.25) is 0 Å².